The zero-order valence-corrected chi connectivity index (χ0v) is 13.9. The Morgan fingerprint density at radius 1 is 1.14 bits per heavy atom. The Labute approximate surface area is 127 Å². The van der Waals surface area contributed by atoms with Crippen molar-refractivity contribution in [3.05, 3.63) is 0 Å². The molecule has 21 heavy (non-hydrogen) atoms. The molecule has 0 rings (SSSR count). The van der Waals surface area contributed by atoms with Crippen molar-refractivity contribution < 1.29 is 19.1 Å². The summed E-state index contributed by atoms with van der Waals surface area (Å²) in [6, 6.07) is 2.20. The molecule has 2 atom stereocenters. The smallest absolute Gasteiger partial charge is 0.310 e. The Morgan fingerprint density at radius 2 is 1.67 bits per heavy atom. The van der Waals surface area contributed by atoms with Crippen LogP contribution in [0.2, 0.25) is 0 Å². The molecule has 0 aliphatic carbocycles. The Bertz CT molecular complexity index is 396. The molecule has 0 heterocycles. The highest BCUT2D eigenvalue weighted by Gasteiger charge is 2.43. The number of nitriles is 1. The third-order valence-corrected chi connectivity index (χ3v) is 4.11. The molecule has 0 saturated heterocycles. The summed E-state index contributed by atoms with van der Waals surface area (Å²) in [5.41, 5.74) is -0.418. The fraction of sp³-hybridized carbons (Fsp3) is 0.812. The fourth-order valence-electron chi connectivity index (χ4n) is 2.12. The van der Waals surface area contributed by atoms with Gasteiger partial charge in [0, 0.05) is 0 Å². The van der Waals surface area contributed by atoms with Crippen molar-refractivity contribution in [1.82, 2.24) is 0 Å². The minimum absolute atomic E-state index is 0.124. The fourth-order valence-corrected chi connectivity index (χ4v) is 2.12. The van der Waals surface area contributed by atoms with Gasteiger partial charge < -0.3 is 9.47 Å². The number of ether oxygens (including phenoxy) is 2. The maximum Gasteiger partial charge on any atom is 0.310 e. The van der Waals surface area contributed by atoms with E-state index in [-0.39, 0.29) is 25.6 Å². The van der Waals surface area contributed by atoms with E-state index in [9.17, 15) is 14.9 Å². The van der Waals surface area contributed by atoms with Gasteiger partial charge in [-0.15, -0.1) is 0 Å². The van der Waals surface area contributed by atoms with Crippen LogP contribution in [0, 0.1) is 34.5 Å². The Kier molecular flexibility index (Phi) is 8.01. The van der Waals surface area contributed by atoms with E-state index in [1.165, 1.54) is 0 Å². The van der Waals surface area contributed by atoms with Gasteiger partial charge in [-0.3, -0.25) is 9.59 Å². The summed E-state index contributed by atoms with van der Waals surface area (Å²) in [6.07, 6.45) is -0.124. The summed E-state index contributed by atoms with van der Waals surface area (Å²) in [6.45, 7) is 11.7. The van der Waals surface area contributed by atoms with E-state index in [0.29, 0.717) is 0 Å². The molecule has 0 spiro atoms. The van der Waals surface area contributed by atoms with E-state index in [1.807, 2.05) is 27.7 Å². The average Bonchev–Trinajstić information content (AvgIpc) is 2.38. The van der Waals surface area contributed by atoms with Crippen LogP contribution in [0.5, 0.6) is 0 Å². The summed E-state index contributed by atoms with van der Waals surface area (Å²) < 4.78 is 9.96. The van der Waals surface area contributed by atoms with Gasteiger partial charge in [0.15, 0.2) is 0 Å². The molecule has 0 aromatic rings. The quantitative estimate of drug-likeness (QED) is 0.644. The first kappa shape index (κ1) is 19.4. The molecule has 0 aliphatic heterocycles. The van der Waals surface area contributed by atoms with Crippen LogP contribution in [0.25, 0.3) is 0 Å². The first-order valence-electron chi connectivity index (χ1n) is 7.44. The summed E-state index contributed by atoms with van der Waals surface area (Å²) >= 11 is 0. The number of carbonyl (C=O) groups excluding carboxylic acids is 2. The maximum absolute atomic E-state index is 12.2. The summed E-state index contributed by atoms with van der Waals surface area (Å²) in [5.74, 6) is -2.21. The predicted molar refractivity (Wildman–Crippen MR) is 79.1 cm³/mol. The van der Waals surface area contributed by atoms with E-state index >= 15 is 0 Å². The van der Waals surface area contributed by atoms with Crippen molar-refractivity contribution in [2.75, 3.05) is 13.2 Å². The van der Waals surface area contributed by atoms with Crippen LogP contribution in [0.4, 0.5) is 0 Å². The standard InChI is InChI=1S/C16H27NO4/c1-7-20-14(18)9-12(15(19)21-8-2)13(10-17)16(5,6)11(3)4/h11-13H,7-9H2,1-6H3. The normalized spacial score (nSPS) is 14.2. The van der Waals surface area contributed by atoms with Gasteiger partial charge in [0.25, 0.3) is 0 Å². The molecule has 0 radical (unpaired) electrons. The highest BCUT2D eigenvalue weighted by atomic mass is 16.5. The van der Waals surface area contributed by atoms with Crippen molar-refractivity contribution in [3.8, 4) is 6.07 Å². The Morgan fingerprint density at radius 3 is 2.05 bits per heavy atom. The van der Waals surface area contributed by atoms with Gasteiger partial charge in [0.2, 0.25) is 0 Å². The van der Waals surface area contributed by atoms with E-state index in [2.05, 4.69) is 6.07 Å². The summed E-state index contributed by atoms with van der Waals surface area (Å²) in [7, 11) is 0. The topological polar surface area (TPSA) is 76.4 Å². The number of carbonyl (C=O) groups is 2. The first-order valence-corrected chi connectivity index (χ1v) is 7.44. The third kappa shape index (κ3) is 5.37. The molecule has 0 fully saturated rings. The average molecular weight is 297 g/mol. The highest BCUT2D eigenvalue weighted by Crippen LogP contribution is 2.40. The van der Waals surface area contributed by atoms with Crippen LogP contribution in [0.1, 0.15) is 48.0 Å². The van der Waals surface area contributed by atoms with Crippen LogP contribution >= 0.6 is 0 Å². The number of nitrogens with zero attached hydrogens (tertiary/aromatic N) is 1. The van der Waals surface area contributed by atoms with Crippen LogP contribution in [0.15, 0.2) is 0 Å². The lowest BCUT2D eigenvalue weighted by Gasteiger charge is -2.37. The van der Waals surface area contributed by atoms with Gasteiger partial charge in [-0.05, 0) is 25.2 Å². The van der Waals surface area contributed by atoms with E-state index in [4.69, 9.17) is 9.47 Å². The minimum Gasteiger partial charge on any atom is -0.466 e. The Hall–Kier alpha value is -1.57. The van der Waals surface area contributed by atoms with Crippen LogP contribution in [-0.4, -0.2) is 25.2 Å². The minimum atomic E-state index is -0.800. The lowest BCUT2D eigenvalue weighted by atomic mass is 9.65. The molecule has 0 N–H and O–H groups in total. The number of hydrogen-bond acceptors (Lipinski definition) is 5. The van der Waals surface area contributed by atoms with Crippen molar-refractivity contribution in [1.29, 1.82) is 5.26 Å². The monoisotopic (exact) mass is 297 g/mol. The molecule has 5 heteroatoms. The van der Waals surface area contributed by atoms with Crippen LogP contribution < -0.4 is 0 Å². The van der Waals surface area contributed by atoms with Crippen LogP contribution in [-0.2, 0) is 19.1 Å². The number of esters is 2. The van der Waals surface area contributed by atoms with Crippen molar-refractivity contribution >= 4 is 11.9 Å². The molecule has 120 valence electrons. The molecule has 0 amide bonds. The van der Waals surface area contributed by atoms with Gasteiger partial charge in [-0.2, -0.15) is 5.26 Å². The summed E-state index contributed by atoms with van der Waals surface area (Å²) in [4.78, 5) is 23.9. The van der Waals surface area contributed by atoms with Crippen molar-refractivity contribution in [3.63, 3.8) is 0 Å². The summed E-state index contributed by atoms with van der Waals surface area (Å²) in [5, 5.41) is 9.53. The predicted octanol–water partition coefficient (Wildman–Crippen LogP) is 2.94. The van der Waals surface area contributed by atoms with Gasteiger partial charge in [0.1, 0.15) is 0 Å². The van der Waals surface area contributed by atoms with Crippen LogP contribution in [0.3, 0.4) is 0 Å². The molecule has 0 aromatic heterocycles. The highest BCUT2D eigenvalue weighted by molar-refractivity contribution is 5.80. The van der Waals surface area contributed by atoms with Gasteiger partial charge in [-0.25, -0.2) is 0 Å². The van der Waals surface area contributed by atoms with E-state index < -0.39 is 29.2 Å². The molecule has 2 unspecified atom stereocenters. The molecular formula is C16H27NO4. The third-order valence-electron chi connectivity index (χ3n) is 4.11. The van der Waals surface area contributed by atoms with Gasteiger partial charge in [-0.1, -0.05) is 27.7 Å². The second kappa shape index (κ2) is 8.66. The lowest BCUT2D eigenvalue weighted by Crippen LogP contribution is -2.39. The van der Waals surface area contributed by atoms with Gasteiger partial charge in [0.05, 0.1) is 37.5 Å². The molecular weight excluding hydrogens is 270 g/mol. The second-order valence-corrected chi connectivity index (χ2v) is 5.95. The maximum atomic E-state index is 12.2. The second-order valence-electron chi connectivity index (χ2n) is 5.95. The zero-order valence-electron chi connectivity index (χ0n) is 13.9. The molecule has 0 aromatic carbocycles. The molecule has 0 saturated carbocycles. The van der Waals surface area contributed by atoms with Gasteiger partial charge >= 0.3 is 11.9 Å². The largest absolute Gasteiger partial charge is 0.466 e. The molecule has 0 aliphatic rings. The lowest BCUT2D eigenvalue weighted by molar-refractivity contribution is -0.158. The zero-order chi connectivity index (χ0) is 16.6. The van der Waals surface area contributed by atoms with Crippen molar-refractivity contribution in [2.24, 2.45) is 23.2 Å². The Balaban J connectivity index is 5.39. The van der Waals surface area contributed by atoms with Crippen molar-refractivity contribution in [2.45, 2.75) is 48.0 Å². The van der Waals surface area contributed by atoms with E-state index in [1.54, 1.807) is 13.8 Å². The first-order chi connectivity index (χ1) is 9.72. The number of hydrogen-bond donors (Lipinski definition) is 0. The molecule has 0 bridgehead atoms. The SMILES string of the molecule is CCOC(=O)CC(C(=O)OCC)C(C#N)C(C)(C)C(C)C. The van der Waals surface area contributed by atoms with E-state index in [0.717, 1.165) is 0 Å². The number of rotatable bonds is 8. The molecule has 5 nitrogen and oxygen atoms in total.